The summed E-state index contributed by atoms with van der Waals surface area (Å²) < 4.78 is 16.5. The number of imidazole rings is 1. The highest BCUT2D eigenvalue weighted by Crippen LogP contribution is 2.21. The first-order valence-corrected chi connectivity index (χ1v) is 12.6. The number of halogens is 1. The van der Waals surface area contributed by atoms with Gasteiger partial charge in [-0.05, 0) is 55.7 Å². The summed E-state index contributed by atoms with van der Waals surface area (Å²) in [5.41, 5.74) is 3.81. The molecule has 1 amide bonds. The molecule has 3 heterocycles. The van der Waals surface area contributed by atoms with Gasteiger partial charge in [0.1, 0.15) is 17.3 Å². The van der Waals surface area contributed by atoms with Crippen molar-refractivity contribution in [1.82, 2.24) is 29.9 Å². The van der Waals surface area contributed by atoms with Gasteiger partial charge in [0.15, 0.2) is 0 Å². The highest BCUT2D eigenvalue weighted by atomic mass is 19.1. The molecule has 0 atom stereocenters. The van der Waals surface area contributed by atoms with E-state index in [4.69, 9.17) is 0 Å². The van der Waals surface area contributed by atoms with E-state index in [2.05, 4.69) is 31.4 Å². The van der Waals surface area contributed by atoms with E-state index in [0.29, 0.717) is 36.4 Å². The minimum absolute atomic E-state index is 0.0272. The molecule has 38 heavy (non-hydrogen) atoms. The molecule has 0 unspecified atom stereocenters. The molecule has 0 saturated carbocycles. The van der Waals surface area contributed by atoms with Gasteiger partial charge < -0.3 is 10.1 Å². The number of ketones is 1. The minimum atomic E-state index is -0.630. The molecule has 0 aliphatic carbocycles. The molecule has 0 fully saturated rings. The van der Waals surface area contributed by atoms with Crippen molar-refractivity contribution in [3.05, 3.63) is 89.8 Å². The first-order chi connectivity index (χ1) is 18.5. The van der Waals surface area contributed by atoms with Crippen LogP contribution in [0.2, 0.25) is 0 Å². The van der Waals surface area contributed by atoms with Gasteiger partial charge in [-0.1, -0.05) is 24.6 Å². The Kier molecular flexibility index (Phi) is 7.44. The summed E-state index contributed by atoms with van der Waals surface area (Å²) >= 11 is 0. The lowest BCUT2D eigenvalue weighted by Crippen LogP contribution is -2.25. The number of hydrogen-bond acceptors (Lipinski definition) is 6. The Balaban J connectivity index is 1.29. The molecule has 9 heteroatoms. The Morgan fingerprint density at radius 2 is 1.84 bits per heavy atom. The van der Waals surface area contributed by atoms with Crippen molar-refractivity contribution >= 4 is 28.4 Å². The summed E-state index contributed by atoms with van der Waals surface area (Å²) in [7, 11) is 0. The van der Waals surface area contributed by atoms with Crippen LogP contribution in [-0.2, 0) is 11.2 Å². The molecule has 0 aliphatic rings. The van der Waals surface area contributed by atoms with Crippen LogP contribution in [0.4, 0.5) is 4.39 Å². The largest absolute Gasteiger partial charge is 0.352 e. The molecule has 5 aromatic rings. The van der Waals surface area contributed by atoms with Crippen LogP contribution in [0, 0.1) is 5.82 Å². The van der Waals surface area contributed by atoms with E-state index in [1.54, 1.807) is 36.1 Å². The first-order valence-electron chi connectivity index (χ1n) is 12.6. The van der Waals surface area contributed by atoms with Crippen molar-refractivity contribution in [2.75, 3.05) is 6.54 Å². The van der Waals surface area contributed by atoms with Crippen molar-refractivity contribution in [1.29, 1.82) is 0 Å². The maximum Gasteiger partial charge on any atom is 0.254 e. The van der Waals surface area contributed by atoms with E-state index in [1.807, 2.05) is 24.3 Å². The summed E-state index contributed by atoms with van der Waals surface area (Å²) in [6.07, 6.45) is 8.54. The number of carbonyl (C=O) groups excluding carboxylic acids is 2. The summed E-state index contributed by atoms with van der Waals surface area (Å²) in [5, 5.41) is 8.45. The van der Waals surface area contributed by atoms with Gasteiger partial charge in [0.05, 0.1) is 29.2 Å². The molecule has 5 rings (SSSR count). The number of nitrogens with zero attached hydrogens (tertiary/aromatic N) is 5. The van der Waals surface area contributed by atoms with E-state index >= 15 is 0 Å². The second-order valence-corrected chi connectivity index (χ2v) is 9.28. The van der Waals surface area contributed by atoms with E-state index in [9.17, 15) is 14.0 Å². The van der Waals surface area contributed by atoms with E-state index in [1.165, 1.54) is 12.1 Å². The van der Waals surface area contributed by atoms with Crippen molar-refractivity contribution in [3.8, 4) is 11.3 Å². The monoisotopic (exact) mass is 510 g/mol. The predicted molar refractivity (Wildman–Crippen MR) is 142 cm³/mol. The molecular formula is C29H27FN6O2. The number of Topliss-reactive ketones (excluding diaryl/α,β-unsaturated/α-hetero) is 1. The molecule has 2 aromatic carbocycles. The fraction of sp³-hybridized carbons (Fsp3) is 0.241. The van der Waals surface area contributed by atoms with Crippen LogP contribution in [0.3, 0.4) is 0 Å². The van der Waals surface area contributed by atoms with Gasteiger partial charge in [-0.3, -0.25) is 9.78 Å². The molecule has 192 valence electrons. The van der Waals surface area contributed by atoms with Gasteiger partial charge in [0.25, 0.3) is 11.7 Å². The Hall–Kier alpha value is -4.53. The lowest BCUT2D eigenvalue weighted by molar-refractivity contribution is -0.117. The van der Waals surface area contributed by atoms with Crippen molar-refractivity contribution < 1.29 is 14.0 Å². The third kappa shape index (κ3) is 5.72. The third-order valence-electron chi connectivity index (χ3n) is 6.35. The Morgan fingerprint density at radius 1 is 0.974 bits per heavy atom. The van der Waals surface area contributed by atoms with Crippen LogP contribution < -0.4 is 5.32 Å². The SMILES string of the molecule is CC(=O)CCCCCNC(=O)c1ccc(-c2cnc3ncc(Cc4ccc5ncccc5c4)n3n2)cc1F. The van der Waals surface area contributed by atoms with Crippen molar-refractivity contribution in [2.24, 2.45) is 0 Å². The molecule has 8 nitrogen and oxygen atoms in total. The second-order valence-electron chi connectivity index (χ2n) is 9.28. The van der Waals surface area contributed by atoms with Crippen LogP contribution in [-0.4, -0.2) is 42.8 Å². The number of benzene rings is 2. The minimum Gasteiger partial charge on any atom is -0.352 e. The van der Waals surface area contributed by atoms with E-state index in [0.717, 1.165) is 41.4 Å². The quantitative estimate of drug-likeness (QED) is 0.267. The van der Waals surface area contributed by atoms with Gasteiger partial charge in [-0.25, -0.2) is 18.9 Å². The second kappa shape index (κ2) is 11.2. The number of rotatable bonds is 10. The molecular weight excluding hydrogens is 483 g/mol. The maximum atomic E-state index is 14.9. The Bertz CT molecular complexity index is 1630. The standard InChI is InChI=1S/C29H27FN6O2/c1-19(37)6-3-2-4-12-32-28(38)24-10-9-22(16-25(24)30)27-18-34-29-33-17-23(36(29)35-27)15-20-8-11-26-21(14-20)7-5-13-31-26/h5,7-11,13-14,16-18H,2-4,6,12,15H2,1H3,(H,32,38). The molecule has 3 aromatic heterocycles. The summed E-state index contributed by atoms with van der Waals surface area (Å²) in [6, 6.07) is 14.4. The van der Waals surface area contributed by atoms with E-state index in [-0.39, 0.29) is 11.3 Å². The fourth-order valence-electron chi connectivity index (χ4n) is 4.35. The smallest absolute Gasteiger partial charge is 0.254 e. The molecule has 0 saturated heterocycles. The number of amides is 1. The zero-order valence-corrected chi connectivity index (χ0v) is 21.0. The third-order valence-corrected chi connectivity index (χ3v) is 6.35. The van der Waals surface area contributed by atoms with Crippen LogP contribution in [0.15, 0.2) is 67.1 Å². The first kappa shape index (κ1) is 25.1. The Labute approximate surface area is 219 Å². The zero-order valence-electron chi connectivity index (χ0n) is 21.0. The molecule has 1 N–H and O–H groups in total. The number of carbonyl (C=O) groups is 2. The van der Waals surface area contributed by atoms with Gasteiger partial charge in [-0.2, -0.15) is 5.10 Å². The summed E-state index contributed by atoms with van der Waals surface area (Å²) in [5.74, 6) is -0.489. The average molecular weight is 511 g/mol. The van der Waals surface area contributed by atoms with E-state index < -0.39 is 11.7 Å². The molecule has 0 spiro atoms. The van der Waals surface area contributed by atoms with Crippen LogP contribution in [0.1, 0.15) is 54.2 Å². The predicted octanol–water partition coefficient (Wildman–Crippen LogP) is 4.95. The van der Waals surface area contributed by atoms with Gasteiger partial charge >= 0.3 is 0 Å². The lowest BCUT2D eigenvalue weighted by Gasteiger charge is -2.08. The highest BCUT2D eigenvalue weighted by molar-refractivity contribution is 5.95. The van der Waals surface area contributed by atoms with Gasteiger partial charge in [-0.15, -0.1) is 0 Å². The number of pyridine rings is 1. The number of unbranched alkanes of at least 4 members (excludes halogenated alkanes) is 2. The van der Waals surface area contributed by atoms with Gasteiger partial charge in [0.2, 0.25) is 0 Å². The van der Waals surface area contributed by atoms with Gasteiger partial charge in [0, 0.05) is 36.5 Å². The highest BCUT2D eigenvalue weighted by Gasteiger charge is 2.15. The molecule has 0 aliphatic heterocycles. The van der Waals surface area contributed by atoms with Crippen molar-refractivity contribution in [2.45, 2.75) is 39.0 Å². The maximum absolute atomic E-state index is 14.9. The number of fused-ring (bicyclic) bond motifs is 2. The zero-order chi connectivity index (χ0) is 26.5. The van der Waals surface area contributed by atoms with Crippen LogP contribution in [0.25, 0.3) is 27.9 Å². The molecule has 0 bridgehead atoms. The van der Waals surface area contributed by atoms with Crippen LogP contribution in [0.5, 0.6) is 0 Å². The molecule has 0 radical (unpaired) electrons. The fourth-order valence-corrected chi connectivity index (χ4v) is 4.35. The summed E-state index contributed by atoms with van der Waals surface area (Å²) in [6.45, 7) is 1.99. The Morgan fingerprint density at radius 3 is 2.68 bits per heavy atom. The van der Waals surface area contributed by atoms with Crippen molar-refractivity contribution in [3.63, 3.8) is 0 Å². The summed E-state index contributed by atoms with van der Waals surface area (Å²) in [4.78, 5) is 36.5. The number of aromatic nitrogens is 5. The normalized spacial score (nSPS) is 11.2. The number of nitrogens with one attached hydrogen (secondary N) is 1. The topological polar surface area (TPSA) is 102 Å². The average Bonchev–Trinajstić information content (AvgIpc) is 3.32. The number of hydrogen-bond donors (Lipinski definition) is 1. The lowest BCUT2D eigenvalue weighted by atomic mass is 10.1. The van der Waals surface area contributed by atoms with Crippen LogP contribution >= 0.6 is 0 Å².